The van der Waals surface area contributed by atoms with Crippen molar-refractivity contribution in [3.8, 4) is 11.3 Å². The Kier molecular flexibility index (Phi) is 4.01. The van der Waals surface area contributed by atoms with Crippen LogP contribution in [0.5, 0.6) is 0 Å². The van der Waals surface area contributed by atoms with Crippen molar-refractivity contribution in [3.63, 3.8) is 0 Å². The maximum Gasteiger partial charge on any atom is 0.332 e. The number of carbonyl (C=O) groups excluding carboxylic acids is 1. The van der Waals surface area contributed by atoms with Crippen molar-refractivity contribution < 1.29 is 9.21 Å². The normalized spacial score (nSPS) is 10.8. The highest BCUT2D eigenvalue weighted by molar-refractivity contribution is 9.10. The molecule has 0 bridgehead atoms. The van der Waals surface area contributed by atoms with Crippen LogP contribution in [0, 0.1) is 6.92 Å². The van der Waals surface area contributed by atoms with Crippen LogP contribution < -0.4 is 11.2 Å². The lowest BCUT2D eigenvalue weighted by Crippen LogP contribution is -2.24. The molecule has 2 rings (SSSR count). The summed E-state index contributed by atoms with van der Waals surface area (Å²) in [5.74, 6) is 1.25. The van der Waals surface area contributed by atoms with Gasteiger partial charge in [0.1, 0.15) is 11.5 Å². The summed E-state index contributed by atoms with van der Waals surface area (Å²) in [6.45, 7) is 2.02. The van der Waals surface area contributed by atoms with Crippen LogP contribution in [0.25, 0.3) is 11.3 Å². The first kappa shape index (κ1) is 13.4. The van der Waals surface area contributed by atoms with Gasteiger partial charge in [0.2, 0.25) is 0 Å². The second-order valence-corrected chi connectivity index (χ2v) is 4.75. The number of hydrazone groups is 1. The molecule has 1 aromatic heterocycles. The molecule has 6 heteroatoms. The lowest BCUT2D eigenvalue weighted by molar-refractivity contribution is 0.249. The highest BCUT2D eigenvalue weighted by atomic mass is 79.9. The molecule has 3 N–H and O–H groups in total. The third-order valence-corrected chi connectivity index (χ3v) is 3.30. The first-order valence-electron chi connectivity index (χ1n) is 5.51. The zero-order valence-electron chi connectivity index (χ0n) is 10.2. The topological polar surface area (TPSA) is 80.6 Å². The zero-order valence-corrected chi connectivity index (χ0v) is 11.8. The number of hydrogen-bond acceptors (Lipinski definition) is 3. The van der Waals surface area contributed by atoms with Crippen LogP contribution in [0.15, 0.2) is 44.3 Å². The van der Waals surface area contributed by atoms with Crippen molar-refractivity contribution in [3.05, 3.63) is 46.1 Å². The molecule has 5 nitrogen and oxygen atoms in total. The van der Waals surface area contributed by atoms with E-state index < -0.39 is 6.03 Å². The number of carbonyl (C=O) groups is 1. The SMILES string of the molecule is Cc1ccc(-c2ccc(C=NNC(N)=O)o2)cc1Br. The highest BCUT2D eigenvalue weighted by Crippen LogP contribution is 2.26. The predicted molar refractivity (Wildman–Crippen MR) is 76.9 cm³/mol. The van der Waals surface area contributed by atoms with Gasteiger partial charge in [-0.3, -0.25) is 0 Å². The number of aryl methyl sites for hydroxylation is 1. The Labute approximate surface area is 118 Å². The monoisotopic (exact) mass is 321 g/mol. The largest absolute Gasteiger partial charge is 0.455 e. The average Bonchev–Trinajstić information content (AvgIpc) is 2.81. The second kappa shape index (κ2) is 5.71. The van der Waals surface area contributed by atoms with E-state index in [2.05, 4.69) is 26.5 Å². The molecule has 2 amide bonds. The van der Waals surface area contributed by atoms with Crippen LogP contribution in [0.2, 0.25) is 0 Å². The van der Waals surface area contributed by atoms with Crippen molar-refractivity contribution in [1.29, 1.82) is 0 Å². The Bertz CT molecular complexity index is 635. The molecule has 0 aliphatic rings. The van der Waals surface area contributed by atoms with Crippen molar-refractivity contribution >= 4 is 28.2 Å². The van der Waals surface area contributed by atoms with Crippen molar-refractivity contribution in [2.45, 2.75) is 6.92 Å². The molecular weight excluding hydrogens is 310 g/mol. The van der Waals surface area contributed by atoms with E-state index in [-0.39, 0.29) is 0 Å². The second-order valence-electron chi connectivity index (χ2n) is 3.90. The van der Waals surface area contributed by atoms with Crippen LogP contribution >= 0.6 is 15.9 Å². The molecule has 0 aliphatic carbocycles. The smallest absolute Gasteiger partial charge is 0.332 e. The molecule has 0 saturated heterocycles. The Morgan fingerprint density at radius 1 is 1.42 bits per heavy atom. The molecule has 0 atom stereocenters. The summed E-state index contributed by atoms with van der Waals surface area (Å²) < 4.78 is 6.60. The fourth-order valence-electron chi connectivity index (χ4n) is 1.48. The van der Waals surface area contributed by atoms with Crippen LogP contribution in [0.4, 0.5) is 4.79 Å². The van der Waals surface area contributed by atoms with Crippen LogP contribution in [0.1, 0.15) is 11.3 Å². The van der Waals surface area contributed by atoms with Gasteiger partial charge in [-0.15, -0.1) is 0 Å². The van der Waals surface area contributed by atoms with Gasteiger partial charge in [0.15, 0.2) is 0 Å². The maximum atomic E-state index is 10.4. The third-order valence-electron chi connectivity index (χ3n) is 2.45. The van der Waals surface area contributed by atoms with Gasteiger partial charge in [-0.2, -0.15) is 5.10 Å². The number of rotatable bonds is 3. The molecule has 0 unspecified atom stereocenters. The molecule has 98 valence electrons. The van der Waals surface area contributed by atoms with E-state index in [1.165, 1.54) is 6.21 Å². The van der Waals surface area contributed by atoms with Gasteiger partial charge in [-0.1, -0.05) is 28.1 Å². The number of furan rings is 1. The van der Waals surface area contributed by atoms with Crippen molar-refractivity contribution in [2.75, 3.05) is 0 Å². The highest BCUT2D eigenvalue weighted by Gasteiger charge is 2.05. The number of nitrogens with zero attached hydrogens (tertiary/aromatic N) is 1. The zero-order chi connectivity index (χ0) is 13.8. The van der Waals surface area contributed by atoms with E-state index in [1.807, 2.05) is 31.2 Å². The van der Waals surface area contributed by atoms with E-state index in [9.17, 15) is 4.79 Å². The molecular formula is C13H12BrN3O2. The number of nitrogens with one attached hydrogen (secondary N) is 1. The standard InChI is InChI=1S/C13H12BrN3O2/c1-8-2-3-9(6-11(8)14)12-5-4-10(19-12)7-16-17-13(15)18/h2-7H,1H3,(H3,15,17,18). The Morgan fingerprint density at radius 3 is 2.89 bits per heavy atom. The lowest BCUT2D eigenvalue weighted by Gasteiger charge is -2.01. The molecule has 1 aromatic carbocycles. The van der Waals surface area contributed by atoms with E-state index >= 15 is 0 Å². The molecule has 0 saturated carbocycles. The average molecular weight is 322 g/mol. The van der Waals surface area contributed by atoms with Crippen molar-refractivity contribution in [1.82, 2.24) is 5.43 Å². The molecule has 0 aliphatic heterocycles. The minimum Gasteiger partial charge on any atom is -0.455 e. The van der Waals surface area contributed by atoms with Gasteiger partial charge in [0, 0.05) is 10.0 Å². The lowest BCUT2D eigenvalue weighted by atomic mass is 10.1. The number of halogens is 1. The van der Waals surface area contributed by atoms with Gasteiger partial charge in [0.25, 0.3) is 0 Å². The molecule has 1 heterocycles. The fourth-order valence-corrected chi connectivity index (χ4v) is 1.86. The van der Waals surface area contributed by atoms with Gasteiger partial charge in [-0.25, -0.2) is 10.2 Å². The number of hydrogen-bond donors (Lipinski definition) is 2. The number of benzene rings is 1. The van der Waals surface area contributed by atoms with E-state index in [0.717, 1.165) is 21.4 Å². The van der Waals surface area contributed by atoms with Gasteiger partial charge in [-0.05, 0) is 30.7 Å². The Hall–Kier alpha value is -2.08. The number of amides is 2. The van der Waals surface area contributed by atoms with E-state index in [1.54, 1.807) is 6.07 Å². The molecule has 0 radical (unpaired) electrons. The number of nitrogens with two attached hydrogens (primary N) is 1. The summed E-state index contributed by atoms with van der Waals surface area (Å²) in [7, 11) is 0. The molecule has 0 spiro atoms. The van der Waals surface area contributed by atoms with Crippen LogP contribution in [-0.4, -0.2) is 12.2 Å². The summed E-state index contributed by atoms with van der Waals surface area (Å²) in [5, 5.41) is 3.63. The fraction of sp³-hybridized carbons (Fsp3) is 0.0769. The quantitative estimate of drug-likeness (QED) is 0.673. The van der Waals surface area contributed by atoms with Gasteiger partial charge < -0.3 is 10.2 Å². The van der Waals surface area contributed by atoms with Gasteiger partial charge >= 0.3 is 6.03 Å². The Balaban J connectivity index is 2.18. The summed E-state index contributed by atoms with van der Waals surface area (Å²) in [6, 6.07) is 8.84. The first-order valence-corrected chi connectivity index (χ1v) is 6.30. The number of urea groups is 1. The molecule has 2 aromatic rings. The van der Waals surface area contributed by atoms with E-state index in [0.29, 0.717) is 5.76 Å². The summed E-state index contributed by atoms with van der Waals surface area (Å²) in [5.41, 5.74) is 9.10. The minimum atomic E-state index is -0.717. The predicted octanol–water partition coefficient (Wildman–Crippen LogP) is 3.02. The van der Waals surface area contributed by atoms with Crippen LogP contribution in [-0.2, 0) is 0 Å². The van der Waals surface area contributed by atoms with Gasteiger partial charge in [0.05, 0.1) is 6.21 Å². The number of primary amides is 1. The van der Waals surface area contributed by atoms with Crippen molar-refractivity contribution in [2.24, 2.45) is 10.8 Å². The third kappa shape index (κ3) is 3.45. The van der Waals surface area contributed by atoms with Crippen LogP contribution in [0.3, 0.4) is 0 Å². The molecule has 0 fully saturated rings. The first-order chi connectivity index (χ1) is 9.06. The summed E-state index contributed by atoms with van der Waals surface area (Å²) >= 11 is 3.48. The summed E-state index contributed by atoms with van der Waals surface area (Å²) in [6.07, 6.45) is 1.39. The minimum absolute atomic E-state index is 0.528. The molecule has 19 heavy (non-hydrogen) atoms. The summed E-state index contributed by atoms with van der Waals surface area (Å²) in [4.78, 5) is 10.4. The maximum absolute atomic E-state index is 10.4. The van der Waals surface area contributed by atoms with E-state index in [4.69, 9.17) is 10.2 Å². The Morgan fingerprint density at radius 2 is 2.21 bits per heavy atom.